The van der Waals surface area contributed by atoms with Gasteiger partial charge in [0.1, 0.15) is 11.5 Å². The number of fused-ring (bicyclic) bond motifs is 4. The summed E-state index contributed by atoms with van der Waals surface area (Å²) in [4.78, 5) is 0. The van der Waals surface area contributed by atoms with Crippen LogP contribution in [0.1, 0.15) is 136 Å². The van der Waals surface area contributed by atoms with Gasteiger partial charge in [-0.25, -0.2) is 0 Å². The second kappa shape index (κ2) is 22.2. The Morgan fingerprint density at radius 3 is 1.52 bits per heavy atom. The lowest BCUT2D eigenvalue weighted by Crippen LogP contribution is -2.15. The molecule has 3 atom stereocenters. The molecule has 0 aliphatic heterocycles. The molecule has 0 spiro atoms. The van der Waals surface area contributed by atoms with E-state index >= 15 is 0 Å². The number of hydrogen-bond donors (Lipinski definition) is 0. The highest BCUT2D eigenvalue weighted by atomic mass is 16.5. The average Bonchev–Trinajstić information content (AvgIpc) is 3.67. The maximum Gasteiger partial charge on any atom is 0.119 e. The standard InChI is InChI=1S/C62H74O2/c1-6-10-13-16-20-45-23-33-58-59(37-45)61(52-26-24-50-41-55(30-28-48(50)39-52)63-34-18-15-12-8-3)57-32-22-46(21-17-14-11-7-2)38-60(57)62(58)53-27-25-51-42-56(31-29-49(51)40-53)64-43-54-36-44(5)35-47(54)19-9-4/h9,19,22-33,37-42,44,47,54H,6-8,10-18,20-21,34-36,43H2,1-5H3/b19-9+. The topological polar surface area (TPSA) is 18.5 Å². The lowest BCUT2D eigenvalue weighted by molar-refractivity contribution is 0.230. The first-order valence-corrected chi connectivity index (χ1v) is 25.4. The van der Waals surface area contributed by atoms with Crippen molar-refractivity contribution in [3.63, 3.8) is 0 Å². The van der Waals surface area contributed by atoms with Gasteiger partial charge in [0.15, 0.2) is 0 Å². The highest BCUT2D eigenvalue weighted by Gasteiger charge is 2.30. The minimum Gasteiger partial charge on any atom is -0.494 e. The molecule has 7 aromatic carbocycles. The van der Waals surface area contributed by atoms with Crippen LogP contribution in [-0.2, 0) is 12.8 Å². The maximum atomic E-state index is 6.54. The number of ether oxygens (including phenoxy) is 2. The molecular formula is C62H74O2. The van der Waals surface area contributed by atoms with E-state index in [4.69, 9.17) is 9.47 Å². The largest absolute Gasteiger partial charge is 0.494 e. The molecule has 2 nitrogen and oxygen atoms in total. The molecule has 2 heteroatoms. The summed E-state index contributed by atoms with van der Waals surface area (Å²) in [6.45, 7) is 12.9. The van der Waals surface area contributed by atoms with Gasteiger partial charge in [-0.1, -0.05) is 170 Å². The van der Waals surface area contributed by atoms with E-state index in [1.165, 1.54) is 160 Å². The fraction of sp³-hybridized carbons (Fsp3) is 0.419. The Morgan fingerprint density at radius 2 is 0.984 bits per heavy atom. The molecule has 0 radical (unpaired) electrons. The number of hydrogen-bond acceptors (Lipinski definition) is 2. The highest BCUT2D eigenvalue weighted by molar-refractivity contribution is 6.22. The summed E-state index contributed by atoms with van der Waals surface area (Å²) in [5, 5.41) is 10.3. The fourth-order valence-corrected chi connectivity index (χ4v) is 10.7. The molecular weight excluding hydrogens is 777 g/mol. The monoisotopic (exact) mass is 851 g/mol. The van der Waals surface area contributed by atoms with E-state index < -0.39 is 0 Å². The molecule has 64 heavy (non-hydrogen) atoms. The third kappa shape index (κ3) is 10.9. The van der Waals surface area contributed by atoms with E-state index in [1.54, 1.807) is 0 Å². The lowest BCUT2D eigenvalue weighted by atomic mass is 9.83. The van der Waals surface area contributed by atoms with Crippen LogP contribution >= 0.6 is 0 Å². The molecule has 0 aromatic heterocycles. The first-order valence-electron chi connectivity index (χ1n) is 25.4. The zero-order chi connectivity index (χ0) is 44.3. The van der Waals surface area contributed by atoms with Crippen molar-refractivity contribution >= 4 is 43.1 Å². The lowest BCUT2D eigenvalue weighted by Gasteiger charge is -2.20. The predicted octanol–water partition coefficient (Wildman–Crippen LogP) is 18.5. The quantitative estimate of drug-likeness (QED) is 0.0384. The van der Waals surface area contributed by atoms with Crippen molar-refractivity contribution in [2.45, 2.75) is 137 Å². The van der Waals surface area contributed by atoms with Crippen LogP contribution in [0, 0.1) is 17.8 Å². The molecule has 1 fully saturated rings. The second-order valence-electron chi connectivity index (χ2n) is 19.3. The molecule has 3 unspecified atom stereocenters. The van der Waals surface area contributed by atoms with Crippen LogP contribution in [0.5, 0.6) is 11.5 Å². The zero-order valence-corrected chi connectivity index (χ0v) is 39.8. The number of unbranched alkanes of at least 4 members (excludes halogenated alkanes) is 9. The summed E-state index contributed by atoms with van der Waals surface area (Å²) < 4.78 is 12.8. The summed E-state index contributed by atoms with van der Waals surface area (Å²) in [7, 11) is 0. The van der Waals surface area contributed by atoms with Gasteiger partial charge in [-0.15, -0.1) is 0 Å². The van der Waals surface area contributed by atoms with E-state index in [9.17, 15) is 0 Å². The Labute approximate surface area is 385 Å². The second-order valence-corrected chi connectivity index (χ2v) is 19.3. The van der Waals surface area contributed by atoms with Gasteiger partial charge in [-0.05, 0) is 182 Å². The summed E-state index contributed by atoms with van der Waals surface area (Å²) >= 11 is 0. The zero-order valence-electron chi connectivity index (χ0n) is 39.8. The molecule has 0 N–H and O–H groups in total. The van der Waals surface area contributed by atoms with Crippen molar-refractivity contribution in [3.8, 4) is 33.8 Å². The molecule has 1 aliphatic carbocycles. The van der Waals surface area contributed by atoms with Crippen LogP contribution in [0.15, 0.2) is 121 Å². The van der Waals surface area contributed by atoms with Crippen LogP contribution in [-0.4, -0.2) is 13.2 Å². The van der Waals surface area contributed by atoms with Crippen LogP contribution in [0.3, 0.4) is 0 Å². The Hall–Kier alpha value is -5.08. The van der Waals surface area contributed by atoms with Gasteiger partial charge in [0, 0.05) is 0 Å². The van der Waals surface area contributed by atoms with Crippen molar-refractivity contribution in [1.29, 1.82) is 0 Å². The summed E-state index contributed by atoms with van der Waals surface area (Å²) in [5.41, 5.74) is 8.10. The minimum absolute atomic E-state index is 0.578. The Morgan fingerprint density at radius 1 is 0.484 bits per heavy atom. The number of allylic oxidation sites excluding steroid dienone is 2. The number of rotatable bonds is 22. The Kier molecular flexibility index (Phi) is 15.8. The van der Waals surface area contributed by atoms with Gasteiger partial charge in [0.05, 0.1) is 13.2 Å². The highest BCUT2D eigenvalue weighted by Crippen LogP contribution is 2.46. The third-order valence-electron chi connectivity index (χ3n) is 14.2. The van der Waals surface area contributed by atoms with Gasteiger partial charge in [0.25, 0.3) is 0 Å². The van der Waals surface area contributed by atoms with Gasteiger partial charge < -0.3 is 9.47 Å². The molecule has 7 aromatic rings. The van der Waals surface area contributed by atoms with Crippen molar-refractivity contribution < 1.29 is 9.47 Å². The minimum atomic E-state index is 0.578. The van der Waals surface area contributed by atoms with E-state index in [0.717, 1.165) is 49.9 Å². The molecule has 0 heterocycles. The van der Waals surface area contributed by atoms with E-state index in [1.807, 2.05) is 0 Å². The summed E-state index contributed by atoms with van der Waals surface area (Å²) in [6.07, 6.45) is 24.3. The summed E-state index contributed by atoms with van der Waals surface area (Å²) in [5.74, 6) is 3.89. The van der Waals surface area contributed by atoms with E-state index in [2.05, 4.69) is 156 Å². The molecule has 8 rings (SSSR count). The first kappa shape index (κ1) is 45.5. The smallest absolute Gasteiger partial charge is 0.119 e. The maximum absolute atomic E-state index is 6.54. The van der Waals surface area contributed by atoms with E-state index in [-0.39, 0.29) is 0 Å². The van der Waals surface area contributed by atoms with Crippen molar-refractivity contribution in [3.05, 3.63) is 132 Å². The number of benzene rings is 7. The third-order valence-corrected chi connectivity index (χ3v) is 14.2. The van der Waals surface area contributed by atoms with Crippen LogP contribution < -0.4 is 9.47 Å². The SMILES string of the molecule is C/C=C/C1CC(C)CC1COc1ccc2cc(-c3c4ccc(CCCCCC)cc4c(-c4ccc5cc(OCCCCCC)ccc5c4)c4ccc(CCCCCC)cc34)ccc2c1. The molecule has 1 saturated carbocycles. The first-order chi connectivity index (χ1) is 31.5. The Balaban J connectivity index is 1.22. The van der Waals surface area contributed by atoms with Crippen LogP contribution in [0.4, 0.5) is 0 Å². The van der Waals surface area contributed by atoms with Crippen molar-refractivity contribution in [2.75, 3.05) is 13.2 Å². The van der Waals surface area contributed by atoms with E-state index in [0.29, 0.717) is 11.8 Å². The average molecular weight is 851 g/mol. The van der Waals surface area contributed by atoms with Crippen molar-refractivity contribution in [2.24, 2.45) is 17.8 Å². The number of aryl methyl sites for hydroxylation is 2. The molecule has 334 valence electrons. The predicted molar refractivity (Wildman–Crippen MR) is 278 cm³/mol. The molecule has 1 aliphatic rings. The van der Waals surface area contributed by atoms with Gasteiger partial charge in [0.2, 0.25) is 0 Å². The molecule has 0 amide bonds. The van der Waals surface area contributed by atoms with Crippen LogP contribution in [0.2, 0.25) is 0 Å². The molecule has 0 bridgehead atoms. The fourth-order valence-electron chi connectivity index (χ4n) is 10.7. The van der Waals surface area contributed by atoms with Gasteiger partial charge in [-0.3, -0.25) is 0 Å². The van der Waals surface area contributed by atoms with Gasteiger partial charge >= 0.3 is 0 Å². The normalized spacial score (nSPS) is 16.5. The summed E-state index contributed by atoms with van der Waals surface area (Å²) in [6, 6.07) is 42.4. The van der Waals surface area contributed by atoms with Crippen molar-refractivity contribution in [1.82, 2.24) is 0 Å². The Bertz CT molecular complexity index is 2670. The van der Waals surface area contributed by atoms with Gasteiger partial charge in [-0.2, -0.15) is 0 Å². The molecule has 0 saturated heterocycles. The van der Waals surface area contributed by atoms with Crippen LogP contribution in [0.25, 0.3) is 65.3 Å².